The predicted molar refractivity (Wildman–Crippen MR) is 110 cm³/mol. The fourth-order valence-electron chi connectivity index (χ4n) is 4.43. The van der Waals surface area contributed by atoms with E-state index in [9.17, 15) is 14.3 Å². The number of pyridine rings is 1. The van der Waals surface area contributed by atoms with Gasteiger partial charge in [0.1, 0.15) is 0 Å². The number of hydrogen-bond donors (Lipinski definition) is 3. The summed E-state index contributed by atoms with van der Waals surface area (Å²) in [7, 11) is 0. The molecule has 0 saturated carbocycles. The van der Waals surface area contributed by atoms with Gasteiger partial charge in [-0.05, 0) is 44.0 Å². The summed E-state index contributed by atoms with van der Waals surface area (Å²) in [6, 6.07) is 5.77. The number of benzene rings is 1. The van der Waals surface area contributed by atoms with Crippen LogP contribution in [-0.4, -0.2) is 50.7 Å². The maximum absolute atomic E-state index is 13.9. The van der Waals surface area contributed by atoms with Crippen LogP contribution in [0.25, 0.3) is 22.3 Å². The zero-order chi connectivity index (χ0) is 20.8. The number of aromatic amines is 1. The van der Waals surface area contributed by atoms with Crippen molar-refractivity contribution in [1.29, 1.82) is 0 Å². The SMILES string of the molecule is Cc1[nH]nc2nc(-c3ccc(O)c(F)c3)cc(C(=O)N3CCCC4CNCC=C43)c12. The van der Waals surface area contributed by atoms with Crippen LogP contribution in [-0.2, 0) is 0 Å². The van der Waals surface area contributed by atoms with Crippen LogP contribution in [0.3, 0.4) is 0 Å². The number of hydrogen-bond acceptors (Lipinski definition) is 5. The second-order valence-electron chi connectivity index (χ2n) is 7.85. The van der Waals surface area contributed by atoms with E-state index in [1.54, 1.807) is 12.1 Å². The smallest absolute Gasteiger partial charge is 0.258 e. The van der Waals surface area contributed by atoms with Crippen molar-refractivity contribution in [3.63, 3.8) is 0 Å². The normalized spacial score (nSPS) is 18.9. The number of aromatic hydroxyl groups is 1. The molecule has 1 unspecified atom stereocenters. The first-order valence-corrected chi connectivity index (χ1v) is 10.1. The summed E-state index contributed by atoms with van der Waals surface area (Å²) in [6.07, 6.45) is 4.11. The number of rotatable bonds is 2. The first-order chi connectivity index (χ1) is 14.5. The molecule has 0 bridgehead atoms. The Morgan fingerprint density at radius 2 is 2.20 bits per heavy atom. The van der Waals surface area contributed by atoms with E-state index in [-0.39, 0.29) is 5.91 Å². The van der Waals surface area contributed by atoms with Crippen LogP contribution >= 0.6 is 0 Å². The van der Waals surface area contributed by atoms with Crippen LogP contribution in [0.5, 0.6) is 5.75 Å². The number of nitrogens with zero attached hydrogens (tertiary/aromatic N) is 3. The number of amides is 1. The molecule has 5 rings (SSSR count). The van der Waals surface area contributed by atoms with Gasteiger partial charge in [0.2, 0.25) is 0 Å². The number of H-pyrrole nitrogens is 1. The van der Waals surface area contributed by atoms with Crippen LogP contribution in [0.4, 0.5) is 4.39 Å². The molecular weight excluding hydrogens is 385 g/mol. The molecule has 4 heterocycles. The lowest BCUT2D eigenvalue weighted by atomic mass is 9.90. The number of halogens is 1. The number of nitrogens with one attached hydrogen (secondary N) is 2. The monoisotopic (exact) mass is 407 g/mol. The lowest BCUT2D eigenvalue weighted by molar-refractivity contribution is 0.0754. The Hall–Kier alpha value is -3.26. The molecule has 8 heteroatoms. The van der Waals surface area contributed by atoms with Crippen LogP contribution in [0.15, 0.2) is 36.0 Å². The molecule has 3 N–H and O–H groups in total. The third kappa shape index (κ3) is 3.04. The zero-order valence-corrected chi connectivity index (χ0v) is 16.6. The first-order valence-electron chi connectivity index (χ1n) is 10.1. The number of phenolic OH excluding ortho intramolecular Hbond substituents is 1. The number of likely N-dealkylation sites (tertiary alicyclic amines) is 1. The van der Waals surface area contributed by atoms with Crippen LogP contribution in [0.1, 0.15) is 28.9 Å². The number of aryl methyl sites for hydroxylation is 1. The van der Waals surface area contributed by atoms with E-state index < -0.39 is 11.6 Å². The van der Waals surface area contributed by atoms with Gasteiger partial charge in [0.15, 0.2) is 17.2 Å². The molecule has 0 aliphatic carbocycles. The molecule has 2 aliphatic rings. The average Bonchev–Trinajstić information content (AvgIpc) is 3.15. The minimum Gasteiger partial charge on any atom is -0.505 e. The number of carbonyl (C=O) groups excluding carboxylic acids is 1. The van der Waals surface area contributed by atoms with E-state index in [0.717, 1.165) is 37.3 Å². The lowest BCUT2D eigenvalue weighted by Gasteiger charge is -2.38. The number of piperidine rings is 1. The summed E-state index contributed by atoms with van der Waals surface area (Å²) in [5.74, 6) is -0.918. The molecule has 0 spiro atoms. The van der Waals surface area contributed by atoms with E-state index in [1.165, 1.54) is 12.1 Å². The second kappa shape index (κ2) is 7.21. The quantitative estimate of drug-likeness (QED) is 0.607. The van der Waals surface area contributed by atoms with Crippen molar-refractivity contribution in [2.75, 3.05) is 19.6 Å². The van der Waals surface area contributed by atoms with Gasteiger partial charge in [0.25, 0.3) is 5.91 Å². The lowest BCUT2D eigenvalue weighted by Crippen LogP contribution is -2.44. The zero-order valence-electron chi connectivity index (χ0n) is 16.6. The van der Waals surface area contributed by atoms with Gasteiger partial charge in [-0.2, -0.15) is 5.10 Å². The summed E-state index contributed by atoms with van der Waals surface area (Å²) in [4.78, 5) is 20.1. The highest BCUT2D eigenvalue weighted by Crippen LogP contribution is 2.33. The van der Waals surface area contributed by atoms with Crippen molar-refractivity contribution in [3.05, 3.63) is 53.1 Å². The molecule has 3 aromatic rings. The summed E-state index contributed by atoms with van der Waals surface area (Å²) in [5.41, 5.74) is 3.65. The molecule has 2 aliphatic heterocycles. The van der Waals surface area contributed by atoms with E-state index in [1.807, 2.05) is 11.8 Å². The van der Waals surface area contributed by atoms with E-state index in [0.29, 0.717) is 40.3 Å². The van der Waals surface area contributed by atoms with Crippen LogP contribution < -0.4 is 5.32 Å². The summed E-state index contributed by atoms with van der Waals surface area (Å²) in [6.45, 7) is 4.16. The third-order valence-corrected chi connectivity index (χ3v) is 5.93. The first kappa shape index (κ1) is 18.7. The molecule has 2 aromatic heterocycles. The Morgan fingerprint density at radius 1 is 1.33 bits per heavy atom. The molecule has 1 aromatic carbocycles. The molecule has 1 fully saturated rings. The largest absolute Gasteiger partial charge is 0.505 e. The van der Waals surface area contributed by atoms with E-state index >= 15 is 0 Å². The Morgan fingerprint density at radius 3 is 3.03 bits per heavy atom. The number of phenols is 1. The Balaban J connectivity index is 1.64. The minimum absolute atomic E-state index is 0.0924. The number of fused-ring (bicyclic) bond motifs is 2. The summed E-state index contributed by atoms with van der Waals surface area (Å²) in [5, 5.41) is 20.7. The van der Waals surface area contributed by atoms with Gasteiger partial charge in [-0.25, -0.2) is 9.37 Å². The van der Waals surface area contributed by atoms with Gasteiger partial charge >= 0.3 is 0 Å². The average molecular weight is 407 g/mol. The maximum atomic E-state index is 13.9. The molecule has 154 valence electrons. The highest BCUT2D eigenvalue weighted by Gasteiger charge is 2.32. The Kier molecular flexibility index (Phi) is 4.51. The molecule has 1 amide bonds. The fraction of sp³-hybridized carbons (Fsp3) is 0.318. The van der Waals surface area contributed by atoms with Crippen LogP contribution in [0, 0.1) is 18.7 Å². The van der Waals surface area contributed by atoms with Gasteiger partial charge in [-0.3, -0.25) is 9.89 Å². The van der Waals surface area contributed by atoms with Gasteiger partial charge in [-0.1, -0.05) is 6.08 Å². The van der Waals surface area contributed by atoms with Gasteiger partial charge in [-0.15, -0.1) is 0 Å². The standard InChI is InChI=1S/C22H22FN5O2/c1-12-20-15(22(30)28-8-2-3-14-11-24-7-6-18(14)28)10-17(25-21(20)27-26-12)13-4-5-19(29)16(23)9-13/h4-6,9-10,14,24,29H,2-3,7-8,11H2,1H3,(H,25,26,27). The van der Waals surface area contributed by atoms with E-state index in [2.05, 4.69) is 26.6 Å². The van der Waals surface area contributed by atoms with Gasteiger partial charge in [0, 0.05) is 42.5 Å². The minimum atomic E-state index is -0.737. The summed E-state index contributed by atoms with van der Waals surface area (Å²) < 4.78 is 13.9. The number of carbonyl (C=O) groups is 1. The predicted octanol–water partition coefficient (Wildman–Crippen LogP) is 3.12. The molecule has 30 heavy (non-hydrogen) atoms. The van der Waals surface area contributed by atoms with Gasteiger partial charge in [0.05, 0.1) is 16.6 Å². The third-order valence-electron chi connectivity index (χ3n) is 5.93. The van der Waals surface area contributed by atoms with Crippen molar-refractivity contribution >= 4 is 16.9 Å². The maximum Gasteiger partial charge on any atom is 0.258 e. The topological polar surface area (TPSA) is 94.1 Å². The van der Waals surface area contributed by atoms with Crippen molar-refractivity contribution < 1.29 is 14.3 Å². The van der Waals surface area contributed by atoms with Crippen molar-refractivity contribution in [1.82, 2.24) is 25.4 Å². The molecule has 7 nitrogen and oxygen atoms in total. The van der Waals surface area contributed by atoms with E-state index in [4.69, 9.17) is 0 Å². The second-order valence-corrected chi connectivity index (χ2v) is 7.85. The van der Waals surface area contributed by atoms with Crippen molar-refractivity contribution in [3.8, 4) is 17.0 Å². The molecule has 1 saturated heterocycles. The highest BCUT2D eigenvalue weighted by molar-refractivity contribution is 6.08. The van der Waals surface area contributed by atoms with Gasteiger partial charge < -0.3 is 15.3 Å². The molecule has 0 radical (unpaired) electrons. The van der Waals surface area contributed by atoms with Crippen molar-refractivity contribution in [2.24, 2.45) is 5.92 Å². The number of aromatic nitrogens is 3. The van der Waals surface area contributed by atoms with Crippen molar-refractivity contribution in [2.45, 2.75) is 19.8 Å². The summed E-state index contributed by atoms with van der Waals surface area (Å²) >= 11 is 0. The Labute approximate surface area is 172 Å². The molecular formula is C22H22FN5O2. The fourth-order valence-corrected chi connectivity index (χ4v) is 4.43. The van der Waals surface area contributed by atoms with Crippen LogP contribution in [0.2, 0.25) is 0 Å². The molecule has 1 atom stereocenters. The highest BCUT2D eigenvalue weighted by atomic mass is 19.1. The Bertz CT molecular complexity index is 1190.